The SMILES string of the molecule is CC(C)Oc1ccccc1/C=C(\C#N)C(=O)Nc1nccs1. The van der Waals surface area contributed by atoms with E-state index in [-0.39, 0.29) is 11.7 Å². The van der Waals surface area contributed by atoms with E-state index in [2.05, 4.69) is 10.3 Å². The van der Waals surface area contributed by atoms with Crippen LogP contribution >= 0.6 is 11.3 Å². The second-order valence-corrected chi connectivity index (χ2v) is 5.56. The minimum atomic E-state index is -0.489. The van der Waals surface area contributed by atoms with E-state index in [1.165, 1.54) is 17.4 Å². The number of hydrogen-bond donors (Lipinski definition) is 1. The summed E-state index contributed by atoms with van der Waals surface area (Å²) in [6, 6.07) is 9.19. The quantitative estimate of drug-likeness (QED) is 0.677. The summed E-state index contributed by atoms with van der Waals surface area (Å²) in [6.07, 6.45) is 3.10. The molecule has 1 aromatic heterocycles. The molecule has 1 heterocycles. The highest BCUT2D eigenvalue weighted by molar-refractivity contribution is 7.13. The molecule has 2 rings (SSSR count). The summed E-state index contributed by atoms with van der Waals surface area (Å²) in [5.41, 5.74) is 0.678. The lowest BCUT2D eigenvalue weighted by Crippen LogP contribution is -2.13. The highest BCUT2D eigenvalue weighted by atomic mass is 32.1. The normalized spacial score (nSPS) is 11.1. The molecule has 1 N–H and O–H groups in total. The smallest absolute Gasteiger partial charge is 0.268 e. The second-order valence-electron chi connectivity index (χ2n) is 4.67. The zero-order valence-electron chi connectivity index (χ0n) is 12.2. The third-order valence-corrected chi connectivity index (χ3v) is 3.29. The Labute approximate surface area is 132 Å². The Morgan fingerprint density at radius 1 is 1.45 bits per heavy atom. The Morgan fingerprint density at radius 3 is 2.86 bits per heavy atom. The molecule has 1 amide bonds. The van der Waals surface area contributed by atoms with Crippen molar-refractivity contribution in [2.75, 3.05) is 5.32 Å². The molecule has 0 unspecified atom stereocenters. The molecule has 6 heteroatoms. The Kier molecular flexibility index (Phi) is 5.28. The predicted molar refractivity (Wildman–Crippen MR) is 86.5 cm³/mol. The van der Waals surface area contributed by atoms with Crippen LogP contribution in [0.15, 0.2) is 41.4 Å². The predicted octanol–water partition coefficient (Wildman–Crippen LogP) is 3.48. The topological polar surface area (TPSA) is 75.0 Å². The van der Waals surface area contributed by atoms with E-state index in [0.717, 1.165) is 0 Å². The number of hydrogen-bond acceptors (Lipinski definition) is 5. The number of carbonyl (C=O) groups excluding carboxylic acids is 1. The molecule has 112 valence electrons. The van der Waals surface area contributed by atoms with Crippen molar-refractivity contribution in [2.24, 2.45) is 0 Å². The fourth-order valence-electron chi connectivity index (χ4n) is 1.71. The van der Waals surface area contributed by atoms with Crippen molar-refractivity contribution >= 4 is 28.5 Å². The van der Waals surface area contributed by atoms with Crippen molar-refractivity contribution in [1.82, 2.24) is 4.98 Å². The van der Waals surface area contributed by atoms with Gasteiger partial charge in [-0.05, 0) is 26.0 Å². The van der Waals surface area contributed by atoms with Gasteiger partial charge in [0.2, 0.25) is 0 Å². The van der Waals surface area contributed by atoms with Gasteiger partial charge in [0.15, 0.2) is 5.13 Å². The summed E-state index contributed by atoms with van der Waals surface area (Å²) in [5.74, 6) is 0.143. The lowest BCUT2D eigenvalue weighted by atomic mass is 10.1. The van der Waals surface area contributed by atoms with Gasteiger partial charge < -0.3 is 4.74 Å². The Hall–Kier alpha value is -2.65. The van der Waals surface area contributed by atoms with E-state index in [1.54, 1.807) is 23.7 Å². The number of ether oxygens (including phenoxy) is 1. The zero-order valence-corrected chi connectivity index (χ0v) is 13.1. The molecular weight excluding hydrogens is 298 g/mol. The first-order valence-electron chi connectivity index (χ1n) is 6.68. The van der Waals surface area contributed by atoms with Crippen molar-refractivity contribution in [3.05, 3.63) is 47.0 Å². The monoisotopic (exact) mass is 313 g/mol. The van der Waals surface area contributed by atoms with Crippen molar-refractivity contribution in [3.8, 4) is 11.8 Å². The zero-order chi connectivity index (χ0) is 15.9. The third-order valence-electron chi connectivity index (χ3n) is 2.60. The van der Waals surface area contributed by atoms with Crippen molar-refractivity contribution < 1.29 is 9.53 Å². The number of para-hydroxylation sites is 1. The molecule has 0 spiro atoms. The minimum absolute atomic E-state index is 0.00392. The molecule has 0 radical (unpaired) electrons. The van der Waals surface area contributed by atoms with Crippen LogP contribution < -0.4 is 10.1 Å². The van der Waals surface area contributed by atoms with Crippen LogP contribution in [-0.4, -0.2) is 17.0 Å². The van der Waals surface area contributed by atoms with E-state index in [0.29, 0.717) is 16.4 Å². The van der Waals surface area contributed by atoms with E-state index in [4.69, 9.17) is 4.74 Å². The van der Waals surface area contributed by atoms with Crippen LogP contribution in [0.4, 0.5) is 5.13 Å². The second kappa shape index (κ2) is 7.38. The van der Waals surface area contributed by atoms with Gasteiger partial charge in [-0.3, -0.25) is 10.1 Å². The van der Waals surface area contributed by atoms with Crippen molar-refractivity contribution in [3.63, 3.8) is 0 Å². The third kappa shape index (κ3) is 4.17. The molecule has 22 heavy (non-hydrogen) atoms. The molecule has 0 atom stereocenters. The van der Waals surface area contributed by atoms with Crippen LogP contribution in [-0.2, 0) is 4.79 Å². The Morgan fingerprint density at radius 2 is 2.23 bits per heavy atom. The first kappa shape index (κ1) is 15.7. The number of nitriles is 1. The number of benzene rings is 1. The fraction of sp³-hybridized carbons (Fsp3) is 0.188. The molecule has 0 aliphatic carbocycles. The van der Waals surface area contributed by atoms with Crippen LogP contribution in [0.5, 0.6) is 5.75 Å². The first-order chi connectivity index (χ1) is 10.6. The molecular formula is C16H15N3O2S. The highest BCUT2D eigenvalue weighted by Gasteiger charge is 2.12. The Bertz CT molecular complexity index is 715. The molecule has 0 aliphatic heterocycles. The van der Waals surface area contributed by atoms with Crippen molar-refractivity contribution in [1.29, 1.82) is 5.26 Å². The molecule has 5 nitrogen and oxygen atoms in total. The summed E-state index contributed by atoms with van der Waals surface area (Å²) >= 11 is 1.29. The van der Waals surface area contributed by atoms with Gasteiger partial charge in [-0.15, -0.1) is 11.3 Å². The molecule has 0 aliphatic rings. The van der Waals surface area contributed by atoms with Crippen LogP contribution in [0.2, 0.25) is 0 Å². The van der Waals surface area contributed by atoms with Gasteiger partial charge in [-0.1, -0.05) is 18.2 Å². The van der Waals surface area contributed by atoms with Gasteiger partial charge in [-0.25, -0.2) is 4.98 Å². The standard InChI is InChI=1S/C16H15N3O2S/c1-11(2)21-14-6-4-3-5-12(14)9-13(10-17)15(20)19-16-18-7-8-22-16/h3-9,11H,1-2H3,(H,18,19,20)/b13-9+. The van der Waals surface area contributed by atoms with E-state index in [9.17, 15) is 10.1 Å². The molecule has 0 saturated carbocycles. The van der Waals surface area contributed by atoms with E-state index < -0.39 is 5.91 Å². The van der Waals surface area contributed by atoms with Crippen LogP contribution in [0.25, 0.3) is 6.08 Å². The number of anilines is 1. The number of carbonyl (C=O) groups is 1. The number of amides is 1. The largest absolute Gasteiger partial charge is 0.490 e. The van der Waals surface area contributed by atoms with Crippen LogP contribution in [0, 0.1) is 11.3 Å². The summed E-state index contributed by atoms with van der Waals surface area (Å²) in [4.78, 5) is 16.1. The molecule has 1 aromatic carbocycles. The molecule has 2 aromatic rings. The number of nitrogens with one attached hydrogen (secondary N) is 1. The van der Waals surface area contributed by atoms with Gasteiger partial charge in [0.1, 0.15) is 17.4 Å². The number of aromatic nitrogens is 1. The molecule has 0 saturated heterocycles. The van der Waals surface area contributed by atoms with Gasteiger partial charge in [0.05, 0.1) is 6.10 Å². The number of rotatable bonds is 5. The van der Waals surface area contributed by atoms with Crippen LogP contribution in [0.3, 0.4) is 0 Å². The average molecular weight is 313 g/mol. The highest BCUT2D eigenvalue weighted by Crippen LogP contribution is 2.22. The average Bonchev–Trinajstić information content (AvgIpc) is 2.98. The van der Waals surface area contributed by atoms with E-state index in [1.807, 2.05) is 32.0 Å². The van der Waals surface area contributed by atoms with Crippen molar-refractivity contribution in [2.45, 2.75) is 20.0 Å². The number of thiazole rings is 1. The number of nitrogens with zero attached hydrogens (tertiary/aromatic N) is 2. The maximum Gasteiger partial charge on any atom is 0.268 e. The first-order valence-corrected chi connectivity index (χ1v) is 7.56. The van der Waals surface area contributed by atoms with Gasteiger partial charge >= 0.3 is 0 Å². The van der Waals surface area contributed by atoms with Crippen LogP contribution in [0.1, 0.15) is 19.4 Å². The summed E-state index contributed by atoms with van der Waals surface area (Å²) in [6.45, 7) is 3.84. The van der Waals surface area contributed by atoms with E-state index >= 15 is 0 Å². The van der Waals surface area contributed by atoms with Gasteiger partial charge in [0, 0.05) is 17.1 Å². The molecule has 0 bridgehead atoms. The Balaban J connectivity index is 2.25. The fourth-order valence-corrected chi connectivity index (χ4v) is 2.24. The summed E-state index contributed by atoms with van der Waals surface area (Å²) in [7, 11) is 0. The minimum Gasteiger partial charge on any atom is -0.490 e. The maximum absolute atomic E-state index is 12.1. The summed E-state index contributed by atoms with van der Waals surface area (Å²) < 4.78 is 5.68. The lowest BCUT2D eigenvalue weighted by Gasteiger charge is -2.12. The molecule has 0 fully saturated rings. The van der Waals surface area contributed by atoms with Gasteiger partial charge in [-0.2, -0.15) is 5.26 Å². The maximum atomic E-state index is 12.1. The van der Waals surface area contributed by atoms with Gasteiger partial charge in [0.25, 0.3) is 5.91 Å². The lowest BCUT2D eigenvalue weighted by molar-refractivity contribution is -0.112. The summed E-state index contributed by atoms with van der Waals surface area (Å²) in [5, 5.41) is 14.0.